The van der Waals surface area contributed by atoms with E-state index in [1.54, 1.807) is 40.1 Å². The zero-order chi connectivity index (χ0) is 77.8. The predicted molar refractivity (Wildman–Crippen MR) is 418 cm³/mol. The molecule has 16 rings (SSSR count). The number of fused-ring (bicyclic) bond motifs is 4. The van der Waals surface area contributed by atoms with E-state index in [0.29, 0.717) is 122 Å². The minimum atomic E-state index is -3.47. The number of amides is 3. The number of likely N-dealkylation sites (tertiary alicyclic amines) is 3. The van der Waals surface area contributed by atoms with E-state index >= 15 is 0 Å². The number of aromatic amines is 1. The van der Waals surface area contributed by atoms with Gasteiger partial charge in [-0.05, 0) is 80.8 Å². The van der Waals surface area contributed by atoms with Gasteiger partial charge < -0.3 is 52.4 Å². The Morgan fingerprint density at radius 2 is 0.927 bits per heavy atom. The highest BCUT2D eigenvalue weighted by molar-refractivity contribution is 7.86. The Morgan fingerprint density at radius 3 is 1.35 bits per heavy atom. The first kappa shape index (κ1) is 77.9. The second kappa shape index (κ2) is 35.1. The average Bonchev–Trinajstić information content (AvgIpc) is 1.62. The van der Waals surface area contributed by atoms with Crippen molar-refractivity contribution >= 4 is 142 Å². The number of ether oxygens (including phenoxy) is 2. The molecule has 0 spiro atoms. The van der Waals surface area contributed by atoms with Gasteiger partial charge in [0.15, 0.2) is 22.6 Å². The number of hydrogen-bond acceptors (Lipinski definition) is 26. The van der Waals surface area contributed by atoms with Gasteiger partial charge in [0.05, 0.1) is 70.3 Å². The van der Waals surface area contributed by atoms with Gasteiger partial charge in [-0.15, -0.1) is 0 Å². The highest BCUT2D eigenvalue weighted by Gasteiger charge is 2.35. The third-order valence-electron chi connectivity index (χ3n) is 18.0. The molecule has 4 aliphatic rings. The number of nitrogens with two attached hydrogens (primary N) is 4. The largest absolute Gasteiger partial charge is 0.445 e. The maximum atomic E-state index is 12.1. The molecule has 33 nitrogen and oxygen atoms in total. The number of nitrogens with one attached hydrogen (secondary N) is 2. The Bertz CT molecular complexity index is 5490. The molecule has 0 radical (unpaired) electrons. The van der Waals surface area contributed by atoms with E-state index in [2.05, 4.69) is 68.5 Å². The van der Waals surface area contributed by atoms with Crippen LogP contribution in [0.25, 0.3) is 89.2 Å². The molecule has 12 heterocycles. The fraction of sp³-hybridized carbons (Fsp3) is 0.278. The first-order valence-corrected chi connectivity index (χ1v) is 37.6. The Hall–Kier alpha value is -11.7. The molecule has 0 saturated carbocycles. The van der Waals surface area contributed by atoms with Crippen LogP contribution in [-0.4, -0.2) is 199 Å². The summed E-state index contributed by atoms with van der Waals surface area (Å²) in [6.45, 7) is 12.0. The Balaban J connectivity index is 0.000000130. The fourth-order valence-corrected chi connectivity index (χ4v) is 14.0. The van der Waals surface area contributed by atoms with Gasteiger partial charge in [-0.2, -0.15) is 34.1 Å². The molecule has 0 bridgehead atoms. The van der Waals surface area contributed by atoms with Crippen LogP contribution in [0.3, 0.4) is 0 Å². The second-order valence-corrected chi connectivity index (χ2v) is 28.7. The van der Waals surface area contributed by atoms with Gasteiger partial charge >= 0.3 is 12.2 Å². The van der Waals surface area contributed by atoms with Crippen molar-refractivity contribution in [3.8, 4) is 51.1 Å². The molecule has 38 heteroatoms. The van der Waals surface area contributed by atoms with Gasteiger partial charge in [-0.25, -0.2) is 63.5 Å². The van der Waals surface area contributed by atoms with Crippen molar-refractivity contribution in [3.05, 3.63) is 168 Å². The van der Waals surface area contributed by atoms with E-state index in [4.69, 9.17) is 104 Å². The van der Waals surface area contributed by atoms with Gasteiger partial charge in [0.1, 0.15) is 85.3 Å². The summed E-state index contributed by atoms with van der Waals surface area (Å²) in [4.78, 5) is 73.8. The maximum absolute atomic E-state index is 12.1. The van der Waals surface area contributed by atoms with Crippen molar-refractivity contribution in [3.63, 3.8) is 0 Å². The Morgan fingerprint density at radius 1 is 0.536 bits per heavy atom. The molecular weight excluding hydrogens is 1520 g/mol. The highest BCUT2D eigenvalue weighted by atomic mass is 35.5. The predicted octanol–water partition coefficient (Wildman–Crippen LogP) is 10.6. The van der Waals surface area contributed by atoms with Crippen LogP contribution in [0.15, 0.2) is 148 Å². The summed E-state index contributed by atoms with van der Waals surface area (Å²) in [5.74, 6) is 1.41. The number of nitrogens with zero attached hydrogens (tertiary/aromatic N) is 19. The van der Waals surface area contributed by atoms with Crippen molar-refractivity contribution in [1.82, 2.24) is 99.4 Å². The highest BCUT2D eigenvalue weighted by Crippen LogP contribution is 2.38. The van der Waals surface area contributed by atoms with Crippen LogP contribution >= 0.6 is 46.4 Å². The fourth-order valence-electron chi connectivity index (χ4n) is 12.8. The van der Waals surface area contributed by atoms with Crippen LogP contribution in [0.2, 0.25) is 20.1 Å². The molecule has 4 atom stereocenters. The Kier molecular flexibility index (Phi) is 24.9. The monoisotopic (exact) mass is 1590 g/mol. The minimum Gasteiger partial charge on any atom is -0.445 e. The molecule has 0 unspecified atom stereocenters. The number of halogens is 4. The van der Waals surface area contributed by atoms with Gasteiger partial charge in [0, 0.05) is 81.6 Å². The maximum Gasteiger partial charge on any atom is 0.410 e. The number of anilines is 4. The summed E-state index contributed by atoms with van der Waals surface area (Å²) in [5.41, 5.74) is 33.4. The third-order valence-corrected chi connectivity index (χ3v) is 19.7. The number of hydrogen-bond donors (Lipinski definition) is 6. The zero-order valence-corrected chi connectivity index (χ0v) is 62.9. The summed E-state index contributed by atoms with van der Waals surface area (Å²) in [6.07, 6.45) is 11.3. The lowest BCUT2D eigenvalue weighted by Gasteiger charge is -2.16. The number of rotatable bonds is 14. The van der Waals surface area contributed by atoms with Gasteiger partial charge in [0.2, 0.25) is 5.91 Å². The molecule has 4 saturated heterocycles. The lowest BCUT2D eigenvalue weighted by molar-refractivity contribution is -0.129. The normalized spacial score (nSPS) is 16.6. The second-order valence-electron chi connectivity index (χ2n) is 25.4. The quantitative estimate of drug-likeness (QED) is 0.0435. The van der Waals surface area contributed by atoms with Crippen molar-refractivity contribution in [2.45, 2.75) is 56.3 Å². The first-order valence-electron chi connectivity index (χ1n) is 34.3. The van der Waals surface area contributed by atoms with Crippen LogP contribution in [0.1, 0.15) is 50.2 Å². The van der Waals surface area contributed by atoms with E-state index in [1.807, 2.05) is 92.9 Å². The van der Waals surface area contributed by atoms with Gasteiger partial charge in [-0.3, -0.25) is 14.1 Å². The molecule has 110 heavy (non-hydrogen) atoms. The van der Waals surface area contributed by atoms with Crippen molar-refractivity contribution in [2.24, 2.45) is 0 Å². The third kappa shape index (κ3) is 18.2. The van der Waals surface area contributed by atoms with E-state index in [0.717, 1.165) is 88.7 Å². The summed E-state index contributed by atoms with van der Waals surface area (Å²) in [5, 5.41) is 39.0. The molecule has 3 amide bonds. The van der Waals surface area contributed by atoms with Crippen LogP contribution in [0.4, 0.5) is 32.9 Å². The van der Waals surface area contributed by atoms with Crippen molar-refractivity contribution < 1.29 is 36.5 Å². The molecule has 4 aromatic carbocycles. The number of nitrogen functional groups attached to an aromatic ring is 4. The molecule has 8 aromatic heterocycles. The first-order chi connectivity index (χ1) is 53.1. The molecular formula is C72H73Cl4N25O8S. The van der Waals surface area contributed by atoms with Crippen molar-refractivity contribution in [2.75, 3.05) is 94.8 Å². The summed E-state index contributed by atoms with van der Waals surface area (Å²) in [7, 11) is -3.47. The number of carbonyl (C=O) groups excluding carboxylic acids is 3. The summed E-state index contributed by atoms with van der Waals surface area (Å²) >= 11 is 23.8. The van der Waals surface area contributed by atoms with Crippen molar-refractivity contribution in [1.29, 1.82) is 5.26 Å². The molecule has 568 valence electrons. The van der Waals surface area contributed by atoms with E-state index in [1.165, 1.54) is 36.3 Å². The van der Waals surface area contributed by atoms with Gasteiger partial charge in [-0.1, -0.05) is 120 Å². The number of carbonyl (C=O) groups is 3. The van der Waals surface area contributed by atoms with E-state index in [-0.39, 0.29) is 56.3 Å². The number of nitriles is 1. The molecule has 12 aromatic rings. The van der Waals surface area contributed by atoms with Gasteiger partial charge in [0.25, 0.3) is 10.1 Å². The number of aromatic nitrogens is 16. The zero-order valence-electron chi connectivity index (χ0n) is 59.0. The molecule has 4 fully saturated rings. The average molecular weight is 1590 g/mol. The Labute approximate surface area is 649 Å². The molecule has 4 aliphatic heterocycles. The minimum absolute atomic E-state index is 0.0332. The van der Waals surface area contributed by atoms with Crippen LogP contribution in [0, 0.1) is 11.3 Å². The standard InChI is InChI=1S/C19H19ClN6O2.C18H16ClN7O.C15H15ClN6.C11H8ClN5.C9H15NO5S/c1-2-9-28-19(27)25-8-7-14(10-25)26-18-15(17(21)22-11-23-18)16(24-26)12-3-5-13(20)6-4-12;19-12-3-1-11(2-4-12)16-15-17(21)22-10-23-18(15)26(24-16)13-6-8-25(9-13)14(27)5-7-20;16-10-3-1-9(2-4-10)13-12-14(17)19-8-20-15(12)22(21-13)11-5-6-18-7-11;12-7-3-1-6(2-4-7)9-8-10(13)14-5-15-11(8)17-16-9;1-3-6-14-9(11)10-5-4-8(7-10)15-16(2,12)13/h2-6,11,14H,1,7-10H2,(H2,21,22,23);1-4,10,13H,5-6,8-9H2,(H2,21,22,23);1-4,8,11,18H,5-7H2,(H2,17,19,20);1-5H,(H3,13,14,15,16,17);3,8H,1,4-7H2,2H3/t14-;13-;11-;;8-/m111.0/s1. The van der Waals surface area contributed by atoms with E-state index in [9.17, 15) is 22.8 Å². The smallest absolute Gasteiger partial charge is 0.410 e. The van der Waals surface area contributed by atoms with Crippen LogP contribution in [0.5, 0.6) is 0 Å². The van der Waals surface area contributed by atoms with Crippen LogP contribution in [-0.2, 0) is 28.6 Å². The number of H-pyrrole nitrogens is 1. The number of benzene rings is 4. The SMILES string of the molecule is C=CCOC(=O)N1CC[C@@H](n2nc(-c3ccc(Cl)cc3)c3c(N)ncnc32)C1.C=CCOC(=O)N1CC[C@H](OS(C)(=O)=O)C1.N#CCC(=O)N1CC[C@@H](n2nc(-c3ccc(Cl)cc3)c3c(N)ncnc32)C1.Nc1ncnc2c1c(-c1ccc(Cl)cc1)nn2[C@@H]1CCNC1.Nc1ncnc2n[nH]c(-c3ccc(Cl)cc3)c12. The van der Waals surface area contributed by atoms with Crippen LogP contribution < -0.4 is 28.3 Å². The van der Waals surface area contributed by atoms with E-state index < -0.39 is 22.3 Å². The lowest BCUT2D eigenvalue weighted by Crippen LogP contribution is -2.31. The summed E-state index contributed by atoms with van der Waals surface area (Å²) < 4.78 is 42.1. The topological polar surface area (TPSA) is 448 Å². The molecule has 0 aliphatic carbocycles. The lowest BCUT2D eigenvalue weighted by atomic mass is 10.1. The summed E-state index contributed by atoms with van der Waals surface area (Å²) in [6, 6.07) is 31.8. The molecule has 10 N–H and O–H groups in total.